The fourth-order valence-electron chi connectivity index (χ4n) is 1.27. The van der Waals surface area contributed by atoms with Crippen molar-refractivity contribution >= 4 is 17.4 Å². The fourth-order valence-corrected chi connectivity index (χ4v) is 1.41. The first-order chi connectivity index (χ1) is 7.75. The summed E-state index contributed by atoms with van der Waals surface area (Å²) in [6, 6.07) is 3.06. The van der Waals surface area contributed by atoms with E-state index >= 15 is 0 Å². The lowest BCUT2D eigenvalue weighted by Crippen LogP contribution is -2.12. The van der Waals surface area contributed by atoms with E-state index < -0.39 is 5.82 Å². The van der Waals surface area contributed by atoms with Crippen LogP contribution in [0.3, 0.4) is 0 Å². The molecular formula is C10H10ClFN4. The van der Waals surface area contributed by atoms with E-state index in [9.17, 15) is 4.39 Å². The second-order valence-electron chi connectivity index (χ2n) is 3.18. The monoisotopic (exact) mass is 240 g/mol. The molecule has 0 aliphatic rings. The Bertz CT molecular complexity index is 458. The number of nitrogens with zero attached hydrogens (tertiary/aromatic N) is 3. The van der Waals surface area contributed by atoms with Crippen molar-refractivity contribution < 1.29 is 4.39 Å². The number of pyridine rings is 1. The van der Waals surface area contributed by atoms with Gasteiger partial charge in [-0.05, 0) is 12.1 Å². The van der Waals surface area contributed by atoms with E-state index in [-0.39, 0.29) is 10.8 Å². The van der Waals surface area contributed by atoms with Crippen LogP contribution in [0.4, 0.5) is 10.2 Å². The lowest BCUT2D eigenvalue weighted by Gasteiger charge is -2.06. The van der Waals surface area contributed by atoms with Crippen LogP contribution in [-0.4, -0.2) is 21.3 Å². The Kier molecular flexibility index (Phi) is 3.36. The largest absolute Gasteiger partial charge is 0.366 e. The van der Waals surface area contributed by atoms with E-state index in [0.717, 1.165) is 0 Å². The van der Waals surface area contributed by atoms with Crippen molar-refractivity contribution in [1.82, 2.24) is 14.8 Å². The third-order valence-electron chi connectivity index (χ3n) is 2.00. The average Bonchev–Trinajstić information content (AvgIpc) is 2.74. The molecule has 0 aliphatic carbocycles. The smallest absolute Gasteiger partial charge is 0.166 e. The van der Waals surface area contributed by atoms with E-state index in [0.29, 0.717) is 13.1 Å². The Balaban J connectivity index is 1.90. The van der Waals surface area contributed by atoms with E-state index in [1.54, 1.807) is 10.9 Å². The van der Waals surface area contributed by atoms with Gasteiger partial charge in [-0.2, -0.15) is 5.10 Å². The number of hydrogen-bond donors (Lipinski definition) is 1. The van der Waals surface area contributed by atoms with Crippen LogP contribution in [0.25, 0.3) is 0 Å². The van der Waals surface area contributed by atoms with Gasteiger partial charge in [0.1, 0.15) is 0 Å². The van der Waals surface area contributed by atoms with Crippen molar-refractivity contribution in [2.45, 2.75) is 6.54 Å². The summed E-state index contributed by atoms with van der Waals surface area (Å²) in [5, 5.41) is 7.19. The molecule has 0 saturated heterocycles. The Labute approximate surface area is 97.1 Å². The van der Waals surface area contributed by atoms with Gasteiger partial charge >= 0.3 is 0 Å². The topological polar surface area (TPSA) is 42.7 Å². The van der Waals surface area contributed by atoms with Gasteiger partial charge in [-0.1, -0.05) is 11.6 Å². The number of anilines is 1. The second-order valence-corrected chi connectivity index (χ2v) is 3.62. The molecular weight excluding hydrogens is 231 g/mol. The summed E-state index contributed by atoms with van der Waals surface area (Å²) < 4.78 is 15.0. The molecule has 0 aliphatic heterocycles. The van der Waals surface area contributed by atoms with Gasteiger partial charge in [-0.25, -0.2) is 9.37 Å². The van der Waals surface area contributed by atoms with Gasteiger partial charge < -0.3 is 5.32 Å². The molecule has 6 heteroatoms. The number of nitrogens with one attached hydrogen (secondary N) is 1. The third-order valence-corrected chi connectivity index (χ3v) is 2.21. The molecule has 0 amide bonds. The molecule has 0 fully saturated rings. The summed E-state index contributed by atoms with van der Waals surface area (Å²) in [6.45, 7) is 1.20. The Morgan fingerprint density at radius 2 is 2.38 bits per heavy atom. The van der Waals surface area contributed by atoms with E-state index in [1.165, 1.54) is 12.3 Å². The van der Waals surface area contributed by atoms with Crippen molar-refractivity contribution in [3.8, 4) is 0 Å². The zero-order valence-electron chi connectivity index (χ0n) is 8.40. The van der Waals surface area contributed by atoms with Crippen molar-refractivity contribution in [3.63, 3.8) is 0 Å². The molecule has 0 atom stereocenters. The molecule has 0 saturated carbocycles. The number of rotatable bonds is 4. The Morgan fingerprint density at radius 1 is 1.50 bits per heavy atom. The summed E-state index contributed by atoms with van der Waals surface area (Å²) in [5.74, 6) is -0.246. The minimum Gasteiger partial charge on any atom is -0.366 e. The van der Waals surface area contributed by atoms with Crippen LogP contribution in [-0.2, 0) is 6.54 Å². The highest BCUT2D eigenvalue weighted by Crippen LogP contribution is 2.14. The molecule has 0 aromatic carbocycles. The summed E-state index contributed by atoms with van der Waals surface area (Å²) in [6.07, 6.45) is 4.94. The molecule has 2 aromatic rings. The second kappa shape index (κ2) is 4.94. The van der Waals surface area contributed by atoms with Crippen LogP contribution in [0.1, 0.15) is 0 Å². The van der Waals surface area contributed by atoms with Gasteiger partial charge in [0.15, 0.2) is 11.6 Å². The van der Waals surface area contributed by atoms with Crippen LogP contribution >= 0.6 is 11.6 Å². The highest BCUT2D eigenvalue weighted by atomic mass is 35.5. The molecule has 0 unspecified atom stereocenters. The predicted octanol–water partition coefficient (Wildman–Crippen LogP) is 2.18. The van der Waals surface area contributed by atoms with Crippen molar-refractivity contribution in [3.05, 3.63) is 41.6 Å². The molecule has 0 spiro atoms. The van der Waals surface area contributed by atoms with E-state index in [1.807, 2.05) is 12.3 Å². The highest BCUT2D eigenvalue weighted by molar-refractivity contribution is 6.30. The summed E-state index contributed by atoms with van der Waals surface area (Å²) in [5.41, 5.74) is 0. The lowest BCUT2D eigenvalue weighted by molar-refractivity contribution is 0.612. The van der Waals surface area contributed by atoms with Gasteiger partial charge in [0.25, 0.3) is 0 Å². The standard InChI is InChI=1S/C10H10ClFN4/c11-8-6-9(12)10(14-7-8)13-3-5-16-4-1-2-15-16/h1-2,4,6-7H,3,5H2,(H,13,14). The number of halogens is 2. The highest BCUT2D eigenvalue weighted by Gasteiger charge is 2.03. The maximum Gasteiger partial charge on any atom is 0.166 e. The van der Waals surface area contributed by atoms with Crippen LogP contribution in [0.15, 0.2) is 30.7 Å². The van der Waals surface area contributed by atoms with Crippen LogP contribution < -0.4 is 5.32 Å². The van der Waals surface area contributed by atoms with Gasteiger partial charge in [0.2, 0.25) is 0 Å². The van der Waals surface area contributed by atoms with Gasteiger partial charge in [0.05, 0.1) is 11.6 Å². The number of hydrogen-bond acceptors (Lipinski definition) is 3. The Morgan fingerprint density at radius 3 is 3.06 bits per heavy atom. The maximum atomic E-state index is 13.3. The van der Waals surface area contributed by atoms with Crippen LogP contribution in [0.2, 0.25) is 5.02 Å². The first-order valence-electron chi connectivity index (χ1n) is 4.78. The Hall–Kier alpha value is -1.62. The van der Waals surface area contributed by atoms with Crippen molar-refractivity contribution in [2.75, 3.05) is 11.9 Å². The predicted molar refractivity (Wildman–Crippen MR) is 59.9 cm³/mol. The third kappa shape index (κ3) is 2.70. The molecule has 2 aromatic heterocycles. The SMILES string of the molecule is Fc1cc(Cl)cnc1NCCn1cccn1. The molecule has 4 nitrogen and oxygen atoms in total. The zero-order chi connectivity index (χ0) is 11.4. The lowest BCUT2D eigenvalue weighted by atomic mass is 10.4. The van der Waals surface area contributed by atoms with E-state index in [2.05, 4.69) is 15.4 Å². The average molecular weight is 241 g/mol. The summed E-state index contributed by atoms with van der Waals surface area (Å²) in [7, 11) is 0. The van der Waals surface area contributed by atoms with Crippen molar-refractivity contribution in [1.29, 1.82) is 0 Å². The molecule has 2 heterocycles. The summed E-state index contributed by atoms with van der Waals surface area (Å²) in [4.78, 5) is 3.85. The molecule has 0 radical (unpaired) electrons. The van der Waals surface area contributed by atoms with Gasteiger partial charge in [-0.3, -0.25) is 4.68 Å². The fraction of sp³-hybridized carbons (Fsp3) is 0.200. The minimum atomic E-state index is -0.451. The van der Waals surface area contributed by atoms with Gasteiger partial charge in [-0.15, -0.1) is 0 Å². The van der Waals surface area contributed by atoms with E-state index in [4.69, 9.17) is 11.6 Å². The first kappa shape index (κ1) is 10.9. The molecule has 1 N–H and O–H groups in total. The van der Waals surface area contributed by atoms with Crippen molar-refractivity contribution in [2.24, 2.45) is 0 Å². The zero-order valence-corrected chi connectivity index (χ0v) is 9.15. The van der Waals surface area contributed by atoms with Gasteiger partial charge in [0, 0.05) is 25.1 Å². The first-order valence-corrected chi connectivity index (χ1v) is 5.16. The molecule has 0 bridgehead atoms. The summed E-state index contributed by atoms with van der Waals surface area (Å²) >= 11 is 5.59. The van der Waals surface area contributed by atoms with Crippen LogP contribution in [0, 0.1) is 5.82 Å². The molecule has 16 heavy (non-hydrogen) atoms. The quantitative estimate of drug-likeness (QED) is 0.891. The molecule has 2 rings (SSSR count). The number of aromatic nitrogens is 3. The minimum absolute atomic E-state index is 0.205. The normalized spacial score (nSPS) is 10.4. The maximum absolute atomic E-state index is 13.3. The molecule has 84 valence electrons. The van der Waals surface area contributed by atoms with Crippen LogP contribution in [0.5, 0.6) is 0 Å².